The minimum absolute atomic E-state index is 0.0360. The number of fused-ring (bicyclic) bond motifs is 2. The molecular formula is C25H22F3NO2S. The topological polar surface area (TPSA) is 63.3 Å². The number of thioether (sulfide) groups is 1. The first kappa shape index (κ1) is 22.4. The fraction of sp³-hybridized carbons (Fsp3) is 0.240. The number of halogens is 3. The molecule has 0 amide bonds. The molecule has 3 nitrogen and oxygen atoms in total. The van der Waals surface area contributed by atoms with Crippen molar-refractivity contribution < 1.29 is 23.1 Å². The van der Waals surface area contributed by atoms with Crippen molar-refractivity contribution in [3.05, 3.63) is 106 Å². The van der Waals surface area contributed by atoms with E-state index < -0.39 is 28.5 Å². The molecule has 3 N–H and O–H groups in total. The van der Waals surface area contributed by atoms with Crippen LogP contribution in [0.1, 0.15) is 33.4 Å². The number of alkyl halides is 3. The summed E-state index contributed by atoms with van der Waals surface area (Å²) in [7, 11) is 0. The molecule has 3 aromatic carbocycles. The molecule has 0 unspecified atom stereocenters. The Labute approximate surface area is 188 Å². The lowest BCUT2D eigenvalue weighted by Crippen LogP contribution is -2.36. The van der Waals surface area contributed by atoms with Crippen molar-refractivity contribution in [2.24, 2.45) is 5.73 Å². The molecule has 7 heteroatoms. The lowest BCUT2D eigenvalue weighted by Gasteiger charge is -2.37. The number of hydrogen-bond donors (Lipinski definition) is 2. The minimum Gasteiger partial charge on any atom is -0.480 e. The highest BCUT2D eigenvalue weighted by Crippen LogP contribution is 2.53. The highest BCUT2D eigenvalue weighted by Gasteiger charge is 2.43. The molecule has 0 fully saturated rings. The Kier molecular flexibility index (Phi) is 6.05. The van der Waals surface area contributed by atoms with Crippen molar-refractivity contribution >= 4 is 17.7 Å². The number of carboxylic acid groups (broad SMARTS) is 1. The summed E-state index contributed by atoms with van der Waals surface area (Å²) in [5.74, 6) is -1.11. The minimum atomic E-state index is -4.50. The second-order valence-corrected chi connectivity index (χ2v) is 9.06. The van der Waals surface area contributed by atoms with Gasteiger partial charge in [0.25, 0.3) is 0 Å². The molecule has 4 rings (SSSR count). The van der Waals surface area contributed by atoms with Crippen LogP contribution in [0.5, 0.6) is 0 Å². The first-order valence-electron chi connectivity index (χ1n) is 10.2. The van der Waals surface area contributed by atoms with Gasteiger partial charge in [0.05, 0.1) is 10.3 Å². The Morgan fingerprint density at radius 2 is 1.53 bits per heavy atom. The summed E-state index contributed by atoms with van der Waals surface area (Å²) in [5, 5.41) is 9.38. The molecule has 0 aromatic heterocycles. The number of benzene rings is 3. The number of carboxylic acids is 1. The van der Waals surface area contributed by atoms with Gasteiger partial charge in [0.15, 0.2) is 0 Å². The lowest BCUT2D eigenvalue weighted by atomic mass is 9.81. The number of aliphatic carboxylic acids is 1. The average molecular weight is 458 g/mol. The smallest absolute Gasteiger partial charge is 0.416 e. The summed E-state index contributed by atoms with van der Waals surface area (Å²) in [4.78, 5) is 11.5. The Balaban J connectivity index is 2.03. The van der Waals surface area contributed by atoms with E-state index in [9.17, 15) is 23.1 Å². The molecule has 3 aromatic rings. The molecular weight excluding hydrogens is 435 g/mol. The van der Waals surface area contributed by atoms with Gasteiger partial charge >= 0.3 is 12.1 Å². The zero-order chi connectivity index (χ0) is 22.9. The van der Waals surface area contributed by atoms with Gasteiger partial charge in [0, 0.05) is 5.75 Å². The standard InChI is InChI=1S/C25H22F3NO2S/c26-25(27,28)19-9-5-8-18(14-19)24(32-15-22(29)23(30)31)20-10-3-1-6-16(20)12-13-17-7-2-4-11-21(17)24/h1-11,14,22H,12-13,15,29H2,(H,30,31)/t22-/m0/s1. The van der Waals surface area contributed by atoms with Crippen LogP contribution >= 0.6 is 11.8 Å². The van der Waals surface area contributed by atoms with Crippen LogP contribution in [0.25, 0.3) is 0 Å². The van der Waals surface area contributed by atoms with Crippen molar-refractivity contribution in [1.29, 1.82) is 0 Å². The Morgan fingerprint density at radius 1 is 0.969 bits per heavy atom. The zero-order valence-corrected chi connectivity index (χ0v) is 17.9. The van der Waals surface area contributed by atoms with E-state index in [-0.39, 0.29) is 5.75 Å². The van der Waals surface area contributed by atoms with Gasteiger partial charge in [-0.25, -0.2) is 0 Å². The van der Waals surface area contributed by atoms with E-state index in [1.807, 2.05) is 48.5 Å². The molecule has 0 radical (unpaired) electrons. The van der Waals surface area contributed by atoms with E-state index in [0.717, 1.165) is 41.2 Å². The van der Waals surface area contributed by atoms with Gasteiger partial charge in [-0.3, -0.25) is 4.79 Å². The predicted molar refractivity (Wildman–Crippen MR) is 120 cm³/mol. The maximum absolute atomic E-state index is 13.6. The van der Waals surface area contributed by atoms with Crippen molar-refractivity contribution in [3.63, 3.8) is 0 Å². The molecule has 0 bridgehead atoms. The van der Waals surface area contributed by atoms with E-state index >= 15 is 0 Å². The van der Waals surface area contributed by atoms with E-state index in [2.05, 4.69) is 0 Å². The average Bonchev–Trinajstić information content (AvgIpc) is 2.92. The van der Waals surface area contributed by atoms with Gasteiger partial charge in [0.2, 0.25) is 0 Å². The highest BCUT2D eigenvalue weighted by molar-refractivity contribution is 8.00. The van der Waals surface area contributed by atoms with Crippen LogP contribution in [0, 0.1) is 0 Å². The molecule has 0 heterocycles. The van der Waals surface area contributed by atoms with Gasteiger partial charge in [-0.2, -0.15) is 13.2 Å². The summed E-state index contributed by atoms with van der Waals surface area (Å²) >= 11 is 1.28. The monoisotopic (exact) mass is 457 g/mol. The third kappa shape index (κ3) is 4.02. The number of carbonyl (C=O) groups is 1. The first-order valence-corrected chi connectivity index (χ1v) is 11.2. The third-order valence-corrected chi connectivity index (χ3v) is 7.48. The highest BCUT2D eigenvalue weighted by atomic mass is 32.2. The summed E-state index contributed by atoms with van der Waals surface area (Å²) in [5.41, 5.74) is 9.35. The number of nitrogens with two attached hydrogens (primary N) is 1. The van der Waals surface area contributed by atoms with Crippen LogP contribution in [-0.4, -0.2) is 22.9 Å². The maximum Gasteiger partial charge on any atom is 0.416 e. The summed E-state index contributed by atoms with van der Waals surface area (Å²) in [6.07, 6.45) is -3.03. The van der Waals surface area contributed by atoms with Gasteiger partial charge in [-0.1, -0.05) is 60.7 Å². The Bertz CT molecular complexity index is 1100. The molecule has 0 aliphatic heterocycles. The Hall–Kier alpha value is -2.77. The fourth-order valence-corrected chi connectivity index (χ4v) is 5.90. The van der Waals surface area contributed by atoms with E-state index in [4.69, 9.17) is 5.73 Å². The van der Waals surface area contributed by atoms with Gasteiger partial charge in [0.1, 0.15) is 6.04 Å². The van der Waals surface area contributed by atoms with Crippen molar-refractivity contribution in [1.82, 2.24) is 0 Å². The predicted octanol–water partition coefficient (Wildman–Crippen LogP) is 5.24. The molecule has 1 atom stereocenters. The summed E-state index contributed by atoms with van der Waals surface area (Å²) in [6, 6.07) is 19.6. The van der Waals surface area contributed by atoms with Crippen LogP contribution in [-0.2, 0) is 28.6 Å². The molecule has 166 valence electrons. The first-order chi connectivity index (χ1) is 15.2. The molecule has 1 aliphatic carbocycles. The van der Waals surface area contributed by atoms with Gasteiger partial charge in [-0.15, -0.1) is 11.8 Å². The maximum atomic E-state index is 13.6. The zero-order valence-electron chi connectivity index (χ0n) is 17.1. The third-order valence-electron chi connectivity index (χ3n) is 5.85. The van der Waals surface area contributed by atoms with Crippen LogP contribution in [0.2, 0.25) is 0 Å². The normalized spacial score (nSPS) is 15.9. The number of rotatable bonds is 5. The van der Waals surface area contributed by atoms with Crippen LogP contribution in [0.3, 0.4) is 0 Å². The largest absolute Gasteiger partial charge is 0.480 e. The second-order valence-electron chi connectivity index (χ2n) is 7.83. The van der Waals surface area contributed by atoms with Crippen molar-refractivity contribution in [2.75, 3.05) is 5.75 Å². The number of aryl methyl sites for hydroxylation is 2. The van der Waals surface area contributed by atoms with Gasteiger partial charge < -0.3 is 10.8 Å². The summed E-state index contributed by atoms with van der Waals surface area (Å²) in [6.45, 7) is 0. The molecule has 32 heavy (non-hydrogen) atoms. The van der Waals surface area contributed by atoms with Gasteiger partial charge in [-0.05, 0) is 52.8 Å². The summed E-state index contributed by atoms with van der Waals surface area (Å²) < 4.78 is 39.9. The molecule has 0 saturated heterocycles. The quantitative estimate of drug-likeness (QED) is 0.550. The fourth-order valence-electron chi connectivity index (χ4n) is 4.33. The van der Waals surface area contributed by atoms with Crippen molar-refractivity contribution in [2.45, 2.75) is 29.8 Å². The molecule has 1 aliphatic rings. The molecule has 0 spiro atoms. The van der Waals surface area contributed by atoms with Crippen LogP contribution in [0.4, 0.5) is 13.2 Å². The van der Waals surface area contributed by atoms with E-state index in [0.29, 0.717) is 5.56 Å². The number of hydrogen-bond acceptors (Lipinski definition) is 3. The Morgan fingerprint density at radius 3 is 2.06 bits per heavy atom. The van der Waals surface area contributed by atoms with Crippen LogP contribution in [0.15, 0.2) is 72.8 Å². The molecule has 0 saturated carbocycles. The van der Waals surface area contributed by atoms with Crippen molar-refractivity contribution in [3.8, 4) is 0 Å². The second kappa shape index (κ2) is 8.64. The SMILES string of the molecule is N[C@@H](CSC1(c2cccc(C(F)(F)F)c2)c2ccccc2CCc2ccccc21)C(=O)O. The van der Waals surface area contributed by atoms with E-state index in [1.165, 1.54) is 23.9 Å². The van der Waals surface area contributed by atoms with E-state index in [1.54, 1.807) is 6.07 Å². The van der Waals surface area contributed by atoms with Crippen LogP contribution < -0.4 is 5.73 Å². The lowest BCUT2D eigenvalue weighted by molar-refractivity contribution is -0.138.